The molecule has 1 aromatic carbocycles. The molecule has 1 aliphatic carbocycles. The molecule has 1 fully saturated rings. The molecule has 2 nitrogen and oxygen atoms in total. The standard InChI is InChI=1S/C15H20BrNOS/c1-3-19-14-6-4-5-13(14)17-15(18)11-9-10(2)7-8-12(11)16/h7-9,13-14H,3-6H2,1-2H3,(H,17,18). The van der Waals surface area contributed by atoms with E-state index in [1.165, 1.54) is 12.8 Å². The van der Waals surface area contributed by atoms with Crippen molar-refractivity contribution in [3.05, 3.63) is 33.8 Å². The first-order chi connectivity index (χ1) is 9.11. The van der Waals surface area contributed by atoms with Gasteiger partial charge in [-0.05, 0) is 53.6 Å². The summed E-state index contributed by atoms with van der Waals surface area (Å²) in [5.41, 5.74) is 1.85. The molecule has 2 atom stereocenters. The van der Waals surface area contributed by atoms with Crippen molar-refractivity contribution in [3.8, 4) is 0 Å². The lowest BCUT2D eigenvalue weighted by atomic mass is 10.1. The fraction of sp³-hybridized carbons (Fsp3) is 0.533. The summed E-state index contributed by atoms with van der Waals surface area (Å²) in [6, 6.07) is 6.21. The van der Waals surface area contributed by atoms with E-state index in [0.717, 1.165) is 27.8 Å². The van der Waals surface area contributed by atoms with Crippen molar-refractivity contribution in [2.24, 2.45) is 0 Å². The molecule has 0 heterocycles. The zero-order chi connectivity index (χ0) is 13.8. The Morgan fingerprint density at radius 2 is 2.26 bits per heavy atom. The minimum absolute atomic E-state index is 0.0455. The fourth-order valence-electron chi connectivity index (χ4n) is 2.56. The van der Waals surface area contributed by atoms with Gasteiger partial charge in [0.25, 0.3) is 5.91 Å². The van der Waals surface area contributed by atoms with Gasteiger partial charge in [0.15, 0.2) is 0 Å². The average molecular weight is 342 g/mol. The highest BCUT2D eigenvalue weighted by Gasteiger charge is 2.28. The highest BCUT2D eigenvalue weighted by atomic mass is 79.9. The third-order valence-electron chi connectivity index (χ3n) is 3.52. The second-order valence-electron chi connectivity index (χ2n) is 4.99. The molecule has 1 aliphatic rings. The number of amides is 1. The van der Waals surface area contributed by atoms with Crippen LogP contribution in [-0.4, -0.2) is 23.0 Å². The van der Waals surface area contributed by atoms with E-state index in [-0.39, 0.29) is 5.91 Å². The van der Waals surface area contributed by atoms with Crippen LogP contribution in [0.15, 0.2) is 22.7 Å². The van der Waals surface area contributed by atoms with Crippen molar-refractivity contribution in [1.82, 2.24) is 5.32 Å². The maximum absolute atomic E-state index is 12.4. The van der Waals surface area contributed by atoms with Crippen LogP contribution in [-0.2, 0) is 0 Å². The molecule has 0 spiro atoms. The van der Waals surface area contributed by atoms with Crippen LogP contribution in [0, 0.1) is 6.92 Å². The molecule has 2 rings (SSSR count). The molecule has 19 heavy (non-hydrogen) atoms. The molecule has 0 radical (unpaired) electrons. The van der Waals surface area contributed by atoms with Gasteiger partial charge in [-0.2, -0.15) is 11.8 Å². The van der Waals surface area contributed by atoms with E-state index >= 15 is 0 Å². The monoisotopic (exact) mass is 341 g/mol. The van der Waals surface area contributed by atoms with E-state index < -0.39 is 0 Å². The Morgan fingerprint density at radius 1 is 1.47 bits per heavy atom. The van der Waals surface area contributed by atoms with E-state index in [0.29, 0.717) is 11.3 Å². The third kappa shape index (κ3) is 3.76. The quantitative estimate of drug-likeness (QED) is 0.890. The van der Waals surface area contributed by atoms with Crippen molar-refractivity contribution in [1.29, 1.82) is 0 Å². The topological polar surface area (TPSA) is 29.1 Å². The number of benzene rings is 1. The van der Waals surface area contributed by atoms with E-state index in [1.54, 1.807) is 0 Å². The average Bonchev–Trinajstić information content (AvgIpc) is 2.80. The maximum Gasteiger partial charge on any atom is 0.252 e. The van der Waals surface area contributed by atoms with Gasteiger partial charge in [-0.3, -0.25) is 4.79 Å². The zero-order valence-corrected chi connectivity index (χ0v) is 13.8. The Morgan fingerprint density at radius 3 is 3.00 bits per heavy atom. The first kappa shape index (κ1) is 14.9. The molecule has 4 heteroatoms. The van der Waals surface area contributed by atoms with Gasteiger partial charge in [0, 0.05) is 15.8 Å². The number of hydrogen-bond acceptors (Lipinski definition) is 2. The lowest BCUT2D eigenvalue weighted by Crippen LogP contribution is -2.39. The molecule has 0 aliphatic heterocycles. The first-order valence-electron chi connectivity index (χ1n) is 6.80. The van der Waals surface area contributed by atoms with Gasteiger partial charge in [0.1, 0.15) is 0 Å². The van der Waals surface area contributed by atoms with Gasteiger partial charge >= 0.3 is 0 Å². The first-order valence-corrected chi connectivity index (χ1v) is 8.64. The number of carbonyl (C=O) groups excluding carboxylic acids is 1. The summed E-state index contributed by atoms with van der Waals surface area (Å²) >= 11 is 5.43. The molecular weight excluding hydrogens is 322 g/mol. The Balaban J connectivity index is 2.06. The second kappa shape index (κ2) is 6.80. The molecule has 0 aromatic heterocycles. The predicted molar refractivity (Wildman–Crippen MR) is 85.9 cm³/mol. The van der Waals surface area contributed by atoms with Gasteiger partial charge in [0.2, 0.25) is 0 Å². The number of halogens is 1. The minimum Gasteiger partial charge on any atom is -0.348 e. The molecule has 0 bridgehead atoms. The van der Waals surface area contributed by atoms with Crippen LogP contribution < -0.4 is 5.32 Å². The lowest BCUT2D eigenvalue weighted by molar-refractivity contribution is 0.0938. The Hall–Kier alpha value is -0.480. The van der Waals surface area contributed by atoms with Crippen molar-refractivity contribution < 1.29 is 4.79 Å². The molecular formula is C15H20BrNOS. The summed E-state index contributed by atoms with van der Waals surface area (Å²) in [6.45, 7) is 4.19. The van der Waals surface area contributed by atoms with Crippen LogP contribution in [0.2, 0.25) is 0 Å². The van der Waals surface area contributed by atoms with Crippen LogP contribution in [0.4, 0.5) is 0 Å². The minimum atomic E-state index is 0.0455. The Labute approximate surface area is 127 Å². The van der Waals surface area contributed by atoms with Gasteiger partial charge < -0.3 is 5.32 Å². The van der Waals surface area contributed by atoms with Crippen molar-refractivity contribution >= 4 is 33.6 Å². The molecule has 1 N–H and O–H groups in total. The summed E-state index contributed by atoms with van der Waals surface area (Å²) in [5, 5.41) is 3.79. The summed E-state index contributed by atoms with van der Waals surface area (Å²) < 4.78 is 0.869. The second-order valence-corrected chi connectivity index (χ2v) is 7.36. The van der Waals surface area contributed by atoms with Crippen LogP contribution in [0.1, 0.15) is 42.1 Å². The smallest absolute Gasteiger partial charge is 0.252 e. The molecule has 0 saturated heterocycles. The Kier molecular flexibility index (Phi) is 5.34. The maximum atomic E-state index is 12.4. The van der Waals surface area contributed by atoms with Crippen LogP contribution >= 0.6 is 27.7 Å². The van der Waals surface area contributed by atoms with E-state index in [1.807, 2.05) is 36.9 Å². The van der Waals surface area contributed by atoms with Crippen molar-refractivity contribution in [3.63, 3.8) is 0 Å². The highest BCUT2D eigenvalue weighted by molar-refractivity contribution is 9.10. The Bertz CT molecular complexity index is 463. The van der Waals surface area contributed by atoms with Crippen molar-refractivity contribution in [2.45, 2.75) is 44.4 Å². The number of aryl methyl sites for hydroxylation is 1. The largest absolute Gasteiger partial charge is 0.348 e. The van der Waals surface area contributed by atoms with Crippen LogP contribution in [0.5, 0.6) is 0 Å². The number of rotatable bonds is 4. The molecule has 104 valence electrons. The number of carbonyl (C=O) groups is 1. The van der Waals surface area contributed by atoms with Gasteiger partial charge in [-0.25, -0.2) is 0 Å². The fourth-order valence-corrected chi connectivity index (χ4v) is 4.19. The molecule has 1 amide bonds. The lowest BCUT2D eigenvalue weighted by Gasteiger charge is -2.20. The highest BCUT2D eigenvalue weighted by Crippen LogP contribution is 2.30. The summed E-state index contributed by atoms with van der Waals surface area (Å²) in [6.07, 6.45) is 3.54. The SMILES string of the molecule is CCSC1CCCC1NC(=O)c1cc(C)ccc1Br. The number of hydrogen-bond donors (Lipinski definition) is 1. The van der Waals surface area contributed by atoms with Gasteiger partial charge in [-0.1, -0.05) is 25.0 Å². The van der Waals surface area contributed by atoms with Crippen molar-refractivity contribution in [2.75, 3.05) is 5.75 Å². The molecule has 2 unspecified atom stereocenters. The normalized spacial score (nSPS) is 22.5. The zero-order valence-electron chi connectivity index (χ0n) is 11.4. The summed E-state index contributed by atoms with van der Waals surface area (Å²) in [5.74, 6) is 1.16. The van der Waals surface area contributed by atoms with Crippen LogP contribution in [0.3, 0.4) is 0 Å². The van der Waals surface area contributed by atoms with E-state index in [2.05, 4.69) is 28.2 Å². The van der Waals surface area contributed by atoms with Gasteiger partial charge in [0.05, 0.1) is 5.56 Å². The summed E-state index contributed by atoms with van der Waals surface area (Å²) in [7, 11) is 0. The van der Waals surface area contributed by atoms with E-state index in [9.17, 15) is 4.79 Å². The van der Waals surface area contributed by atoms with E-state index in [4.69, 9.17) is 0 Å². The summed E-state index contributed by atoms with van der Waals surface area (Å²) in [4.78, 5) is 12.4. The van der Waals surface area contributed by atoms with Gasteiger partial charge in [-0.15, -0.1) is 0 Å². The number of thioether (sulfide) groups is 1. The van der Waals surface area contributed by atoms with Crippen LogP contribution in [0.25, 0.3) is 0 Å². The predicted octanol–water partition coefficient (Wildman–Crippen LogP) is 4.16. The number of nitrogens with one attached hydrogen (secondary N) is 1. The molecule has 1 saturated carbocycles. The third-order valence-corrected chi connectivity index (χ3v) is 5.53. The molecule has 1 aromatic rings.